The molecule has 0 bridgehead atoms. The molecule has 0 saturated heterocycles. The Labute approximate surface area is 126 Å². The predicted octanol–water partition coefficient (Wildman–Crippen LogP) is 4.42. The van der Waals surface area contributed by atoms with E-state index in [1.807, 2.05) is 47.4 Å². The summed E-state index contributed by atoms with van der Waals surface area (Å²) >= 11 is 7.76. The minimum Gasteiger partial charge on any atom is -0.481 e. The first-order valence-electron chi connectivity index (χ1n) is 6.21. The summed E-state index contributed by atoms with van der Waals surface area (Å²) in [7, 11) is 0. The molecule has 5 heteroatoms. The fraction of sp³-hybridized carbons (Fsp3) is 0.133. The van der Waals surface area contributed by atoms with Gasteiger partial charge in [-0.3, -0.25) is 4.79 Å². The summed E-state index contributed by atoms with van der Waals surface area (Å²) in [5, 5.41) is 9.59. The lowest BCUT2D eigenvalue weighted by Gasteiger charge is -2.32. The molecule has 0 aliphatic carbocycles. The highest BCUT2D eigenvalue weighted by Crippen LogP contribution is 2.48. The molecule has 1 aliphatic heterocycles. The van der Waals surface area contributed by atoms with E-state index in [2.05, 4.69) is 0 Å². The normalized spacial score (nSPS) is 12.8. The third-order valence-corrected chi connectivity index (χ3v) is 4.50. The minimum atomic E-state index is -0.802. The molecule has 3 rings (SSSR count). The zero-order valence-corrected chi connectivity index (χ0v) is 12.1. The van der Waals surface area contributed by atoms with E-state index < -0.39 is 5.97 Å². The van der Waals surface area contributed by atoms with Crippen LogP contribution in [0.2, 0.25) is 5.02 Å². The third kappa shape index (κ3) is 2.49. The van der Waals surface area contributed by atoms with E-state index in [0.717, 1.165) is 21.2 Å². The summed E-state index contributed by atoms with van der Waals surface area (Å²) in [5.74, 6) is -0.802. The Hall–Kier alpha value is -1.65. The molecule has 1 aliphatic rings. The molecule has 1 N–H and O–H groups in total. The SMILES string of the molecule is O=C(O)CCN1c2ccccc2Sc2ccc(Cl)cc21. The van der Waals surface area contributed by atoms with Crippen molar-refractivity contribution < 1.29 is 9.90 Å². The number of benzene rings is 2. The topological polar surface area (TPSA) is 40.5 Å². The fourth-order valence-corrected chi connectivity index (χ4v) is 3.49. The number of para-hydroxylation sites is 1. The summed E-state index contributed by atoms with van der Waals surface area (Å²) < 4.78 is 0. The monoisotopic (exact) mass is 305 g/mol. The Balaban J connectivity index is 2.06. The smallest absolute Gasteiger partial charge is 0.305 e. The molecule has 0 spiro atoms. The van der Waals surface area contributed by atoms with Crippen LogP contribution in [0.4, 0.5) is 11.4 Å². The maximum Gasteiger partial charge on any atom is 0.305 e. The maximum absolute atomic E-state index is 10.9. The van der Waals surface area contributed by atoms with Crippen LogP contribution in [-0.2, 0) is 4.79 Å². The van der Waals surface area contributed by atoms with Gasteiger partial charge in [0.25, 0.3) is 0 Å². The molecule has 0 fully saturated rings. The lowest BCUT2D eigenvalue weighted by atomic mass is 10.2. The van der Waals surface area contributed by atoms with Crippen molar-refractivity contribution in [3.63, 3.8) is 0 Å². The van der Waals surface area contributed by atoms with Crippen molar-refractivity contribution in [2.75, 3.05) is 11.4 Å². The van der Waals surface area contributed by atoms with E-state index in [0.29, 0.717) is 11.6 Å². The first kappa shape index (κ1) is 13.3. The molecule has 2 aromatic rings. The molecule has 0 saturated carbocycles. The molecule has 102 valence electrons. The van der Waals surface area contributed by atoms with E-state index >= 15 is 0 Å². The number of rotatable bonds is 3. The highest BCUT2D eigenvalue weighted by Gasteiger charge is 2.23. The Morgan fingerprint density at radius 3 is 2.70 bits per heavy atom. The van der Waals surface area contributed by atoms with Crippen molar-refractivity contribution in [3.8, 4) is 0 Å². The average Bonchev–Trinajstić information content (AvgIpc) is 2.43. The van der Waals surface area contributed by atoms with Gasteiger partial charge in [-0.2, -0.15) is 0 Å². The Kier molecular flexibility index (Phi) is 3.59. The second kappa shape index (κ2) is 5.38. The quantitative estimate of drug-likeness (QED) is 0.911. The third-order valence-electron chi connectivity index (χ3n) is 3.14. The molecule has 0 amide bonds. The van der Waals surface area contributed by atoms with Crippen molar-refractivity contribution in [3.05, 3.63) is 47.5 Å². The van der Waals surface area contributed by atoms with Gasteiger partial charge in [0, 0.05) is 21.4 Å². The second-order valence-corrected chi connectivity index (χ2v) is 6.00. The number of fused-ring (bicyclic) bond motifs is 2. The zero-order valence-electron chi connectivity index (χ0n) is 10.5. The van der Waals surface area contributed by atoms with Crippen LogP contribution in [0.3, 0.4) is 0 Å². The van der Waals surface area contributed by atoms with Crippen LogP contribution >= 0.6 is 23.4 Å². The van der Waals surface area contributed by atoms with Crippen LogP contribution in [0.5, 0.6) is 0 Å². The average molecular weight is 306 g/mol. The molecule has 0 radical (unpaired) electrons. The lowest BCUT2D eigenvalue weighted by Crippen LogP contribution is -2.23. The van der Waals surface area contributed by atoms with Crippen molar-refractivity contribution in [1.29, 1.82) is 0 Å². The maximum atomic E-state index is 10.9. The van der Waals surface area contributed by atoms with E-state index in [1.165, 1.54) is 0 Å². The molecular weight excluding hydrogens is 294 g/mol. The number of hydrogen-bond donors (Lipinski definition) is 1. The van der Waals surface area contributed by atoms with Crippen molar-refractivity contribution >= 4 is 40.7 Å². The largest absolute Gasteiger partial charge is 0.481 e. The van der Waals surface area contributed by atoms with Gasteiger partial charge in [-0.15, -0.1) is 0 Å². The number of carboxylic acid groups (broad SMARTS) is 1. The summed E-state index contributed by atoms with van der Waals surface area (Å²) in [5.41, 5.74) is 2.01. The highest BCUT2D eigenvalue weighted by molar-refractivity contribution is 7.99. The summed E-state index contributed by atoms with van der Waals surface area (Å²) in [4.78, 5) is 15.1. The van der Waals surface area contributed by atoms with Crippen LogP contribution in [0.25, 0.3) is 0 Å². The molecule has 0 aromatic heterocycles. The molecule has 3 nitrogen and oxygen atoms in total. The first-order valence-corrected chi connectivity index (χ1v) is 7.40. The summed E-state index contributed by atoms with van der Waals surface area (Å²) in [6.45, 7) is 0.431. The van der Waals surface area contributed by atoms with Gasteiger partial charge in [-0.05, 0) is 30.3 Å². The summed E-state index contributed by atoms with van der Waals surface area (Å²) in [6.07, 6.45) is 0.0882. The molecular formula is C15H12ClNO2S. The van der Waals surface area contributed by atoms with Gasteiger partial charge >= 0.3 is 5.97 Å². The van der Waals surface area contributed by atoms with Gasteiger partial charge in [0.15, 0.2) is 0 Å². The van der Waals surface area contributed by atoms with Gasteiger partial charge < -0.3 is 10.0 Å². The molecule has 0 unspecified atom stereocenters. The van der Waals surface area contributed by atoms with E-state index in [4.69, 9.17) is 16.7 Å². The van der Waals surface area contributed by atoms with Gasteiger partial charge in [-0.1, -0.05) is 35.5 Å². The van der Waals surface area contributed by atoms with Crippen molar-refractivity contribution in [2.45, 2.75) is 16.2 Å². The number of carboxylic acids is 1. The number of carbonyl (C=O) groups is 1. The van der Waals surface area contributed by atoms with Gasteiger partial charge in [0.1, 0.15) is 0 Å². The number of hydrogen-bond acceptors (Lipinski definition) is 3. The van der Waals surface area contributed by atoms with Crippen molar-refractivity contribution in [2.24, 2.45) is 0 Å². The Morgan fingerprint density at radius 1 is 1.15 bits per heavy atom. The second-order valence-electron chi connectivity index (χ2n) is 4.48. The van der Waals surface area contributed by atoms with Crippen LogP contribution < -0.4 is 4.90 Å². The molecule has 20 heavy (non-hydrogen) atoms. The Bertz CT molecular complexity index is 675. The van der Waals surface area contributed by atoms with E-state index in [9.17, 15) is 4.79 Å². The van der Waals surface area contributed by atoms with Crippen LogP contribution in [0.1, 0.15) is 6.42 Å². The molecule has 1 heterocycles. The molecule has 0 atom stereocenters. The minimum absolute atomic E-state index is 0.0882. The van der Waals surface area contributed by atoms with Gasteiger partial charge in [0.05, 0.1) is 17.8 Å². The number of nitrogens with zero attached hydrogens (tertiary/aromatic N) is 1. The van der Waals surface area contributed by atoms with E-state index in [-0.39, 0.29) is 6.42 Å². The molecule has 2 aromatic carbocycles. The predicted molar refractivity (Wildman–Crippen MR) is 81.3 cm³/mol. The fourth-order valence-electron chi connectivity index (χ4n) is 2.25. The van der Waals surface area contributed by atoms with Gasteiger partial charge in [-0.25, -0.2) is 0 Å². The Morgan fingerprint density at radius 2 is 1.90 bits per heavy atom. The number of anilines is 2. The van der Waals surface area contributed by atoms with Crippen LogP contribution in [0, 0.1) is 0 Å². The van der Waals surface area contributed by atoms with Gasteiger partial charge in [0.2, 0.25) is 0 Å². The number of aliphatic carboxylic acids is 1. The van der Waals surface area contributed by atoms with Crippen LogP contribution in [-0.4, -0.2) is 17.6 Å². The van der Waals surface area contributed by atoms with E-state index in [1.54, 1.807) is 11.8 Å². The van der Waals surface area contributed by atoms with Crippen LogP contribution in [0.15, 0.2) is 52.3 Å². The number of halogens is 1. The summed E-state index contributed by atoms with van der Waals surface area (Å²) in [6, 6.07) is 13.7. The van der Waals surface area contributed by atoms with Crippen molar-refractivity contribution in [1.82, 2.24) is 0 Å². The standard InChI is InChI=1S/C15H12ClNO2S/c16-10-5-6-14-12(9-10)17(8-7-15(18)19)11-3-1-2-4-13(11)20-14/h1-6,9H,7-8H2,(H,18,19). The lowest BCUT2D eigenvalue weighted by molar-refractivity contribution is -0.136. The highest BCUT2D eigenvalue weighted by atomic mass is 35.5. The first-order chi connectivity index (χ1) is 9.65. The zero-order chi connectivity index (χ0) is 14.1.